The molecule has 13 N–H and O–H groups in total. The van der Waals surface area contributed by atoms with Crippen molar-refractivity contribution in [3.63, 3.8) is 0 Å². The number of para-hydroxylation sites is 5. The van der Waals surface area contributed by atoms with Gasteiger partial charge in [-0.1, -0.05) is 98.1 Å². The van der Waals surface area contributed by atoms with Crippen molar-refractivity contribution in [3.05, 3.63) is 294 Å². The van der Waals surface area contributed by atoms with Gasteiger partial charge in [0.1, 0.15) is 62.5 Å². The van der Waals surface area contributed by atoms with E-state index in [2.05, 4.69) is 19.7 Å². The summed E-state index contributed by atoms with van der Waals surface area (Å²) < 4.78 is 75.4. The molecular formula is C86H93Cs2F2ILiN5O32. The number of esters is 3. The first-order chi connectivity index (χ1) is 59.1. The molecule has 0 unspecified atom stereocenters. The summed E-state index contributed by atoms with van der Waals surface area (Å²) in [5.41, 5.74) is 13.3. The second-order valence-electron chi connectivity index (χ2n) is 23.0. The molecule has 1 amide bonds. The van der Waals surface area contributed by atoms with Crippen LogP contribution in [0.5, 0.6) is 51.7 Å². The van der Waals surface area contributed by atoms with E-state index in [4.69, 9.17) is 78.2 Å². The fourth-order valence-corrected chi connectivity index (χ4v) is 9.40. The molecule has 129 heavy (non-hydrogen) atoms. The van der Waals surface area contributed by atoms with Crippen LogP contribution < -0.4 is 198 Å². The first-order valence-corrected chi connectivity index (χ1v) is 35.9. The van der Waals surface area contributed by atoms with Crippen molar-refractivity contribution in [2.45, 2.75) is 48.5 Å². The third kappa shape index (κ3) is 43.6. The van der Waals surface area contributed by atoms with Gasteiger partial charge in [0.15, 0.2) is 23.1 Å². The molecule has 10 aromatic rings. The standard InChI is InChI=1S/C16H13NO6.C16H15NO4.C14H11NO5.C14H9NO4.C8H6FNO3.C8H8O3.C4H8O.CH3F.CH3I.CH2O3.CH4O.2CH4.2Cs.Li.2H2O.H/c1-10(18)11-7-8-15(13(9-11)17(20)21)23-14-6-4-3-5-12(14)16(19)22-2;1-10(18)11-7-8-15(13(17)9-11)21-14-6-4-3-5-12(14)16(19)20-2;15-10-7-8(13(16)17)5-6-12(10)20-11-4-2-1-3-9(11)14(18)19;16-13-9-3-1-2-4-11(9)19-12-6-5-8(14(17)18)7-10(12)15-13;1-5(11)6-2-3-7(9)8(4-6)10(12)13;1-11-8(10)6-4-2-3-5-7(6)9;1-2-4-5-3-1;2*1-2;2-1-4-3;1-2;;;;;;;;/h3-9H,1-2H3;3-9H,17H2,1-2H3;1-7H,15H2,(H,16,17)(H,18,19);1-7H,(H,15,16)(H,17,18);2-4H,1H3;2-5,9H,1H3;1-4H2;2*1H3;1,3H;2H,1H3;2*1H4;;;;2*1H2;/q;;;;;;;;;;;;;3*+1;;;-1/p-2/i;;;;;;;2*1D;;;;;;;;;;. The Morgan fingerprint density at radius 2 is 0.868 bits per heavy atom. The minimum atomic E-state index is -1.12. The van der Waals surface area contributed by atoms with Crippen molar-refractivity contribution in [2.75, 3.05) is 70.5 Å². The number of aliphatic hydroxyl groups is 1. The fourth-order valence-electron chi connectivity index (χ4n) is 9.40. The Bertz CT molecular complexity index is 5360. The Labute approximate surface area is 886 Å². The Hall–Kier alpha value is -10.5. The average Bonchev–Trinajstić information content (AvgIpc) is 1.67. The number of nitro groups is 2. The molecule has 678 valence electrons. The van der Waals surface area contributed by atoms with Crippen LogP contribution in [0.4, 0.5) is 37.2 Å². The Balaban J connectivity index is -0.000000273. The maximum Gasteiger partial charge on any atom is 1.00 e. The molecule has 0 aromatic heterocycles. The van der Waals surface area contributed by atoms with Gasteiger partial charge in [-0.25, -0.2) is 28.8 Å². The van der Waals surface area contributed by atoms with Crippen molar-refractivity contribution in [1.82, 2.24) is 0 Å². The van der Waals surface area contributed by atoms with Crippen molar-refractivity contribution >= 4 is 117 Å². The van der Waals surface area contributed by atoms with E-state index in [0.717, 1.165) is 38.5 Å². The van der Waals surface area contributed by atoms with Gasteiger partial charge in [0.25, 0.3) is 12.4 Å². The molecule has 0 spiro atoms. The average molecular weight is 2150 g/mol. The normalized spacial score (nSPS) is 10.0. The maximum absolute atomic E-state index is 12.7. The number of phenols is 1. The van der Waals surface area contributed by atoms with Crippen LogP contribution in [-0.2, 0) is 28.6 Å². The molecule has 2 aliphatic heterocycles. The van der Waals surface area contributed by atoms with Crippen LogP contribution in [0.1, 0.15) is 156 Å². The van der Waals surface area contributed by atoms with Crippen LogP contribution in [0.2, 0.25) is 0 Å². The zero-order valence-electron chi connectivity index (χ0n) is 72.6. The summed E-state index contributed by atoms with van der Waals surface area (Å²) in [6.45, 7) is 5.85. The van der Waals surface area contributed by atoms with Crippen molar-refractivity contribution in [2.24, 2.45) is 0 Å². The molecule has 1 fully saturated rings. The smallest absolute Gasteiger partial charge is 1.00 e. The van der Waals surface area contributed by atoms with Crippen LogP contribution in [0.3, 0.4) is 0 Å². The number of carboxylic acids is 3. The molecule has 2 heterocycles. The molecule has 12 rings (SSSR count). The topological polar surface area (TPSA) is 607 Å². The number of aromatic carboxylic acids is 3. The first-order valence-electron chi connectivity index (χ1n) is 35.8. The summed E-state index contributed by atoms with van der Waals surface area (Å²) >= 11 is 1.96. The molecule has 0 atom stereocenters. The number of carbonyl (C=O) groups is 11. The van der Waals surface area contributed by atoms with Crippen molar-refractivity contribution in [1.29, 1.82) is 0 Å². The summed E-state index contributed by atoms with van der Waals surface area (Å²) in [6, 6.07) is 52.1. The Kier molecular flexibility index (Phi) is 68.1. The van der Waals surface area contributed by atoms with Gasteiger partial charge in [-0.05, 0) is 178 Å². The number of nitrogens with zero attached hydrogens (tertiary/aromatic N) is 2. The quantitative estimate of drug-likeness (QED) is 0.00382. The summed E-state index contributed by atoms with van der Waals surface area (Å²) in [6.07, 6.45) is 2.56. The maximum atomic E-state index is 12.7. The predicted molar refractivity (Wildman–Crippen MR) is 464 cm³/mol. The number of rotatable bonds is 18. The zero-order chi connectivity index (χ0) is 93.1. The van der Waals surface area contributed by atoms with E-state index in [0.29, 0.717) is 56.0 Å². The second kappa shape index (κ2) is 70.4. The number of fused-ring (bicyclic) bond motifs is 2. The number of aliphatic hydroxyl groups excluding tert-OH is 1. The monoisotopic (exact) mass is 2150 g/mol. The van der Waals surface area contributed by atoms with Gasteiger partial charge in [-0.2, -0.15) is 4.39 Å². The number of carbonyl (C=O) groups excluding carboxylic acids is 8. The van der Waals surface area contributed by atoms with E-state index in [1.54, 1.807) is 103 Å². The number of ketones is 3. The van der Waals surface area contributed by atoms with E-state index in [-0.39, 0.29) is 293 Å². The van der Waals surface area contributed by atoms with Gasteiger partial charge in [-0.3, -0.25) is 48.6 Å². The number of Topliss-reactive ketones (excluding diaryl/α,β-unsaturated/α-hetero) is 3. The van der Waals surface area contributed by atoms with E-state index in [1.807, 2.05) is 22.6 Å². The summed E-state index contributed by atoms with van der Waals surface area (Å²) in [7, 11) is 3.80. The SMILES string of the molecule is C.C.C1CCOC1.CC(=O)c1ccc(F)c([N+](=O)[O-])c1.CO.COC(=O)c1ccccc1O.COC(=O)c1ccccc1Oc1ccc(C(C)=O)cc1N.COC(=O)c1ccccc1Oc1ccc(C(C)=O)cc1[N+](=O)[O-].Nc1cc(C(=O)O)ccc1Oc1ccccc1C(=O)O.O.O=C(O)c1ccc2c(c1)NC(=O)c1ccccc1O2.O=CO[O-].[2H]CF.[2H]CI.[Cs+].[Cs+].[H-].[Li+].[OH-]. The number of aromatic hydroxyl groups is 1. The van der Waals surface area contributed by atoms with Gasteiger partial charge >= 0.3 is 204 Å². The number of hydrogen-bond donors (Lipinski definition) is 8. The van der Waals surface area contributed by atoms with Crippen LogP contribution in [0.15, 0.2) is 212 Å². The number of methoxy groups -OCH3 is 3. The number of ether oxygens (including phenoxy) is 8. The number of anilines is 3. The Morgan fingerprint density at radius 3 is 1.26 bits per heavy atom. The Morgan fingerprint density at radius 1 is 0.527 bits per heavy atom. The van der Waals surface area contributed by atoms with Gasteiger partial charge in [0.2, 0.25) is 11.6 Å². The number of nitrogen functional groups attached to an aromatic ring is 2. The van der Waals surface area contributed by atoms with Crippen LogP contribution in [0, 0.1) is 26.0 Å². The largest absolute Gasteiger partial charge is 1.00 e. The number of carboxylic acid groups (broad SMARTS) is 3. The molecular weight excluding hydrogens is 2050 g/mol. The van der Waals surface area contributed by atoms with Crippen LogP contribution in [-0.4, -0.2) is 166 Å². The van der Waals surface area contributed by atoms with Crippen LogP contribution in [0.25, 0.3) is 0 Å². The molecule has 37 nitrogen and oxygen atoms in total. The number of amides is 1. The number of halogens is 3. The van der Waals surface area contributed by atoms with E-state index < -0.39 is 64.3 Å². The van der Waals surface area contributed by atoms with Gasteiger partial charge in [0.05, 0.1) is 73.5 Å². The van der Waals surface area contributed by atoms with E-state index >= 15 is 0 Å². The van der Waals surface area contributed by atoms with E-state index in [9.17, 15) is 77.0 Å². The minimum absolute atomic E-state index is 0. The number of nitrogens with two attached hydrogens (primary N) is 2. The zero-order valence-corrected chi connectivity index (χ0v) is 84.3. The molecule has 1 saturated heterocycles. The summed E-state index contributed by atoms with van der Waals surface area (Å²) in [5, 5.41) is 75.4. The van der Waals surface area contributed by atoms with Gasteiger partial charge < -0.3 is 103 Å². The first kappa shape index (κ1) is 125. The second-order valence-corrected chi connectivity index (χ2v) is 23.0. The van der Waals surface area contributed by atoms with Gasteiger partial charge in [-0.15, -0.1) is 0 Å². The van der Waals surface area contributed by atoms with Crippen molar-refractivity contribution < 1.29 is 317 Å². The molecule has 0 aliphatic carbocycles. The third-order valence-corrected chi connectivity index (χ3v) is 15.1. The van der Waals surface area contributed by atoms with Crippen LogP contribution >= 0.6 is 22.6 Å². The predicted octanol–water partition coefficient (Wildman–Crippen LogP) is 6.61. The number of benzene rings is 10. The van der Waals surface area contributed by atoms with Gasteiger partial charge in [0, 0.05) is 50.5 Å². The number of nitrogens with one attached hydrogen (secondary N) is 1. The fraction of sp³-hybridized carbons (Fsp3) is 0.174. The molecule has 0 saturated carbocycles. The number of nitro benzene ring substituents is 2. The minimum Gasteiger partial charge on any atom is -1.00 e. The number of phenolic OH excluding ortho intramolecular Hbond substituents is 1. The molecule has 0 bridgehead atoms. The number of hydrogen-bond acceptors (Lipinski definition) is 30. The van der Waals surface area contributed by atoms with E-state index in [1.165, 1.54) is 146 Å². The molecule has 10 aromatic carbocycles. The number of alkyl halides is 2. The molecule has 2 aliphatic rings. The summed E-state index contributed by atoms with van der Waals surface area (Å²) in [5.74, 6) is -4.99. The van der Waals surface area contributed by atoms with Crippen molar-refractivity contribution in [3.8, 4) is 51.7 Å². The molecule has 43 heteroatoms. The summed E-state index contributed by atoms with van der Waals surface area (Å²) in [4.78, 5) is 144. The third-order valence-electron chi connectivity index (χ3n) is 15.1. The molecule has 0 radical (unpaired) electrons.